The fourth-order valence-corrected chi connectivity index (χ4v) is 1.73. The summed E-state index contributed by atoms with van der Waals surface area (Å²) >= 11 is 0. The highest BCUT2D eigenvalue weighted by Gasteiger charge is 2.33. The third kappa shape index (κ3) is 1.05. The molecule has 0 fully saturated rings. The highest BCUT2D eigenvalue weighted by Crippen LogP contribution is 2.28. The molecule has 3 nitrogen and oxygen atoms in total. The number of ketones is 1. The molecule has 1 aliphatic heterocycles. The second kappa shape index (κ2) is 2.94. The molecule has 0 radical (unpaired) electrons. The zero-order valence-electron chi connectivity index (χ0n) is 8.15. The van der Waals surface area contributed by atoms with Gasteiger partial charge in [-0.25, -0.2) is 0 Å². The van der Waals surface area contributed by atoms with Crippen LogP contribution in [0.5, 0.6) is 0 Å². The monoisotopic (exact) mass is 189 g/mol. The molecule has 0 spiro atoms. The molecule has 0 unspecified atom stereocenters. The summed E-state index contributed by atoms with van der Waals surface area (Å²) in [6.07, 6.45) is 0. The van der Waals surface area contributed by atoms with Crippen molar-refractivity contribution in [3.05, 3.63) is 29.8 Å². The number of Topliss-reactive ketones (excluding diaryl/α,β-unsaturated/α-hetero) is 1. The topological polar surface area (TPSA) is 37.4 Å². The molecule has 0 N–H and O–H groups in total. The van der Waals surface area contributed by atoms with Crippen LogP contribution in [0.25, 0.3) is 0 Å². The molecule has 1 amide bonds. The average molecular weight is 189 g/mol. The Bertz CT molecular complexity index is 412. The van der Waals surface area contributed by atoms with Gasteiger partial charge in [0.2, 0.25) is 5.91 Å². The van der Waals surface area contributed by atoms with Crippen LogP contribution in [-0.2, 0) is 4.79 Å². The van der Waals surface area contributed by atoms with E-state index < -0.39 is 5.92 Å². The standard InChI is InChI=1S/C11H11NO2/c1-7-10(13)8-5-3-4-6-9(8)12(2)11(7)14/h3-7H,1-2H3/t7-/m1/s1. The second-order valence-corrected chi connectivity index (χ2v) is 3.50. The van der Waals surface area contributed by atoms with E-state index in [0.29, 0.717) is 11.3 Å². The van der Waals surface area contributed by atoms with E-state index >= 15 is 0 Å². The third-order valence-corrected chi connectivity index (χ3v) is 2.63. The first-order valence-electron chi connectivity index (χ1n) is 4.53. The van der Waals surface area contributed by atoms with Gasteiger partial charge in [0.25, 0.3) is 0 Å². The second-order valence-electron chi connectivity index (χ2n) is 3.50. The first kappa shape index (κ1) is 8.94. The Balaban J connectivity index is 2.62. The molecule has 3 heteroatoms. The molecular weight excluding hydrogens is 178 g/mol. The minimum atomic E-state index is -0.546. The number of fused-ring (bicyclic) bond motifs is 1. The molecular formula is C11H11NO2. The highest BCUT2D eigenvalue weighted by molar-refractivity contribution is 6.21. The normalized spacial score (nSPS) is 21.0. The lowest BCUT2D eigenvalue weighted by Crippen LogP contribution is -2.40. The zero-order valence-corrected chi connectivity index (χ0v) is 8.15. The Morgan fingerprint density at radius 1 is 1.21 bits per heavy atom. The van der Waals surface area contributed by atoms with Gasteiger partial charge in [-0.2, -0.15) is 0 Å². The summed E-state index contributed by atoms with van der Waals surface area (Å²) in [6.45, 7) is 1.65. The summed E-state index contributed by atoms with van der Waals surface area (Å²) in [5.74, 6) is -0.757. The van der Waals surface area contributed by atoms with Crippen molar-refractivity contribution in [3.63, 3.8) is 0 Å². The molecule has 1 aliphatic rings. The predicted molar refractivity (Wildman–Crippen MR) is 53.3 cm³/mol. The number of rotatable bonds is 0. The van der Waals surface area contributed by atoms with E-state index in [2.05, 4.69) is 0 Å². The van der Waals surface area contributed by atoms with Gasteiger partial charge in [0.1, 0.15) is 0 Å². The number of carbonyl (C=O) groups excluding carboxylic acids is 2. The lowest BCUT2D eigenvalue weighted by Gasteiger charge is -2.28. The summed E-state index contributed by atoms with van der Waals surface area (Å²) in [5, 5.41) is 0. The molecule has 1 aromatic rings. The van der Waals surface area contributed by atoms with Gasteiger partial charge in [-0.3, -0.25) is 9.59 Å². The molecule has 0 saturated heterocycles. The number of hydrogen-bond donors (Lipinski definition) is 0. The molecule has 0 bridgehead atoms. The van der Waals surface area contributed by atoms with E-state index in [-0.39, 0.29) is 11.7 Å². The minimum Gasteiger partial charge on any atom is -0.314 e. The summed E-state index contributed by atoms with van der Waals surface area (Å²) < 4.78 is 0. The average Bonchev–Trinajstić information content (AvgIpc) is 2.23. The van der Waals surface area contributed by atoms with E-state index in [4.69, 9.17) is 0 Å². The molecule has 0 aromatic heterocycles. The van der Waals surface area contributed by atoms with E-state index in [0.717, 1.165) is 0 Å². The van der Waals surface area contributed by atoms with Gasteiger partial charge in [-0.1, -0.05) is 12.1 Å². The van der Waals surface area contributed by atoms with Crippen molar-refractivity contribution in [1.82, 2.24) is 0 Å². The van der Waals surface area contributed by atoms with Crippen LogP contribution < -0.4 is 4.90 Å². The van der Waals surface area contributed by atoms with Crippen LogP contribution in [0.3, 0.4) is 0 Å². The van der Waals surface area contributed by atoms with E-state index in [1.807, 2.05) is 12.1 Å². The van der Waals surface area contributed by atoms with Crippen LogP contribution in [0.2, 0.25) is 0 Å². The smallest absolute Gasteiger partial charge is 0.237 e. The van der Waals surface area contributed by atoms with Gasteiger partial charge in [0, 0.05) is 12.6 Å². The van der Waals surface area contributed by atoms with Gasteiger partial charge in [-0.15, -0.1) is 0 Å². The quantitative estimate of drug-likeness (QED) is 0.580. The van der Waals surface area contributed by atoms with Crippen LogP contribution in [0.4, 0.5) is 5.69 Å². The first-order chi connectivity index (χ1) is 6.63. The molecule has 14 heavy (non-hydrogen) atoms. The van der Waals surface area contributed by atoms with Crippen molar-refractivity contribution >= 4 is 17.4 Å². The number of amides is 1. The summed E-state index contributed by atoms with van der Waals surface area (Å²) in [4.78, 5) is 24.9. The van der Waals surface area contributed by atoms with Crippen molar-refractivity contribution in [3.8, 4) is 0 Å². The van der Waals surface area contributed by atoms with Crippen LogP contribution in [0.15, 0.2) is 24.3 Å². The molecule has 1 aromatic carbocycles. The minimum absolute atomic E-state index is 0.0799. The summed E-state index contributed by atoms with van der Waals surface area (Å²) in [7, 11) is 1.70. The maximum Gasteiger partial charge on any atom is 0.237 e. The molecule has 1 atom stereocenters. The van der Waals surface area contributed by atoms with Crippen LogP contribution in [-0.4, -0.2) is 18.7 Å². The molecule has 0 saturated carbocycles. The number of hydrogen-bond acceptors (Lipinski definition) is 2. The van der Waals surface area contributed by atoms with Crippen LogP contribution >= 0.6 is 0 Å². The molecule has 0 aliphatic carbocycles. The van der Waals surface area contributed by atoms with E-state index in [1.54, 1.807) is 31.0 Å². The Labute approximate surface area is 82.3 Å². The van der Waals surface area contributed by atoms with Crippen LogP contribution in [0, 0.1) is 5.92 Å². The zero-order chi connectivity index (χ0) is 10.3. The van der Waals surface area contributed by atoms with Crippen molar-refractivity contribution < 1.29 is 9.59 Å². The number of benzene rings is 1. The predicted octanol–water partition coefficient (Wildman–Crippen LogP) is 1.48. The molecule has 72 valence electrons. The van der Waals surface area contributed by atoms with Crippen LogP contribution in [0.1, 0.15) is 17.3 Å². The van der Waals surface area contributed by atoms with Gasteiger partial charge < -0.3 is 4.90 Å². The number of para-hydroxylation sites is 1. The van der Waals surface area contributed by atoms with Crippen molar-refractivity contribution in [2.24, 2.45) is 5.92 Å². The van der Waals surface area contributed by atoms with Gasteiger partial charge in [0.15, 0.2) is 5.78 Å². The lowest BCUT2D eigenvalue weighted by atomic mass is 9.92. The van der Waals surface area contributed by atoms with Gasteiger partial charge in [0.05, 0.1) is 11.6 Å². The van der Waals surface area contributed by atoms with E-state index in [9.17, 15) is 9.59 Å². The van der Waals surface area contributed by atoms with Crippen molar-refractivity contribution in [1.29, 1.82) is 0 Å². The molecule has 1 heterocycles. The maximum atomic E-state index is 11.7. The van der Waals surface area contributed by atoms with Crippen molar-refractivity contribution in [2.45, 2.75) is 6.92 Å². The number of carbonyl (C=O) groups is 2. The Kier molecular flexibility index (Phi) is 1.88. The fraction of sp³-hybridized carbons (Fsp3) is 0.273. The maximum absolute atomic E-state index is 11.7. The Morgan fingerprint density at radius 3 is 2.57 bits per heavy atom. The summed E-state index contributed by atoms with van der Waals surface area (Å²) in [6, 6.07) is 7.19. The SMILES string of the molecule is C[C@@H]1C(=O)c2ccccc2N(C)C1=O. The van der Waals surface area contributed by atoms with Gasteiger partial charge >= 0.3 is 0 Å². The number of anilines is 1. The number of nitrogens with zero attached hydrogens (tertiary/aromatic N) is 1. The highest BCUT2D eigenvalue weighted by atomic mass is 16.2. The lowest BCUT2D eigenvalue weighted by molar-refractivity contribution is -0.120. The van der Waals surface area contributed by atoms with Crippen molar-refractivity contribution in [2.75, 3.05) is 11.9 Å². The largest absolute Gasteiger partial charge is 0.314 e. The Hall–Kier alpha value is -1.64. The van der Waals surface area contributed by atoms with Gasteiger partial charge in [-0.05, 0) is 19.1 Å². The third-order valence-electron chi connectivity index (χ3n) is 2.63. The fourth-order valence-electron chi connectivity index (χ4n) is 1.73. The molecule has 2 rings (SSSR count). The summed E-state index contributed by atoms with van der Waals surface area (Å²) in [5.41, 5.74) is 1.35. The Morgan fingerprint density at radius 2 is 1.86 bits per heavy atom. The first-order valence-corrected chi connectivity index (χ1v) is 4.53. The van der Waals surface area contributed by atoms with E-state index in [1.165, 1.54) is 0 Å².